The Morgan fingerprint density at radius 1 is 1.24 bits per heavy atom. The van der Waals surface area contributed by atoms with Gasteiger partial charge in [0.1, 0.15) is 11.6 Å². The van der Waals surface area contributed by atoms with Crippen molar-refractivity contribution >= 4 is 0 Å². The lowest BCUT2D eigenvalue weighted by Crippen LogP contribution is -2.21. The largest absolute Gasteiger partial charge is 0.439 e. The maximum atomic E-state index is 13.5. The molecule has 0 fully saturated rings. The summed E-state index contributed by atoms with van der Waals surface area (Å²) < 4.78 is 19.2. The Bertz CT molecular complexity index is 628. The van der Waals surface area contributed by atoms with E-state index in [9.17, 15) is 4.39 Å². The van der Waals surface area contributed by atoms with E-state index in [1.807, 2.05) is 13.0 Å². The molecule has 0 aliphatic rings. The topological polar surface area (TPSA) is 48.1 Å². The van der Waals surface area contributed by atoms with Gasteiger partial charge in [0.25, 0.3) is 0 Å². The first-order chi connectivity index (χ1) is 9.99. The molecular formula is C17H21FN2O. The molecule has 21 heavy (non-hydrogen) atoms. The van der Waals surface area contributed by atoms with Gasteiger partial charge in [0.05, 0.1) is 0 Å². The fourth-order valence-electron chi connectivity index (χ4n) is 2.03. The van der Waals surface area contributed by atoms with Gasteiger partial charge in [-0.1, -0.05) is 13.0 Å². The molecule has 0 radical (unpaired) electrons. The van der Waals surface area contributed by atoms with Crippen molar-refractivity contribution in [3.05, 3.63) is 53.0 Å². The van der Waals surface area contributed by atoms with E-state index < -0.39 is 0 Å². The van der Waals surface area contributed by atoms with Crippen LogP contribution < -0.4 is 10.5 Å². The summed E-state index contributed by atoms with van der Waals surface area (Å²) in [5.74, 6) is 0.662. The highest BCUT2D eigenvalue weighted by atomic mass is 19.1. The Labute approximate surface area is 125 Å². The Kier molecular flexibility index (Phi) is 4.91. The van der Waals surface area contributed by atoms with Gasteiger partial charge in [-0.3, -0.25) is 0 Å². The number of ether oxygens (including phenoxy) is 1. The molecule has 0 aliphatic carbocycles. The van der Waals surface area contributed by atoms with Crippen molar-refractivity contribution in [1.82, 2.24) is 4.98 Å². The van der Waals surface area contributed by atoms with E-state index >= 15 is 0 Å². The molecule has 2 aromatic rings. The quantitative estimate of drug-likeness (QED) is 0.907. The van der Waals surface area contributed by atoms with Gasteiger partial charge < -0.3 is 10.5 Å². The molecule has 1 unspecified atom stereocenters. The molecule has 1 heterocycles. The number of hydrogen-bond acceptors (Lipinski definition) is 3. The van der Waals surface area contributed by atoms with Gasteiger partial charge in [-0.25, -0.2) is 9.37 Å². The molecule has 2 rings (SSSR count). The fourth-order valence-corrected chi connectivity index (χ4v) is 2.03. The van der Waals surface area contributed by atoms with Gasteiger partial charge in [-0.05, 0) is 49.9 Å². The number of aryl methyl sites for hydroxylation is 2. The SMILES string of the molecule is CCC(N)Cc1cnc(Oc2ccc(C)c(F)c2)c(C)c1. The zero-order valence-electron chi connectivity index (χ0n) is 12.7. The van der Waals surface area contributed by atoms with Crippen molar-refractivity contribution in [3.8, 4) is 11.6 Å². The Morgan fingerprint density at radius 2 is 2.00 bits per heavy atom. The van der Waals surface area contributed by atoms with E-state index in [2.05, 4.69) is 11.9 Å². The molecule has 112 valence electrons. The number of benzene rings is 1. The van der Waals surface area contributed by atoms with Crippen molar-refractivity contribution < 1.29 is 9.13 Å². The van der Waals surface area contributed by atoms with Crippen LogP contribution in [0.1, 0.15) is 30.0 Å². The fraction of sp³-hybridized carbons (Fsp3) is 0.353. The average Bonchev–Trinajstić information content (AvgIpc) is 2.45. The standard InChI is InChI=1S/C17H21FN2O/c1-4-14(19)8-13-7-12(3)17(20-10-13)21-15-6-5-11(2)16(18)9-15/h5-7,9-10,14H,4,8,19H2,1-3H3. The summed E-state index contributed by atoms with van der Waals surface area (Å²) in [6.07, 6.45) is 3.49. The van der Waals surface area contributed by atoms with E-state index in [-0.39, 0.29) is 11.9 Å². The van der Waals surface area contributed by atoms with Crippen molar-refractivity contribution in [2.24, 2.45) is 5.73 Å². The highest BCUT2D eigenvalue weighted by molar-refractivity contribution is 5.35. The zero-order valence-corrected chi connectivity index (χ0v) is 12.7. The summed E-state index contributed by atoms with van der Waals surface area (Å²) in [6, 6.07) is 6.96. The van der Waals surface area contributed by atoms with Crippen LogP contribution in [0.25, 0.3) is 0 Å². The second kappa shape index (κ2) is 6.68. The summed E-state index contributed by atoms with van der Waals surface area (Å²) in [5.41, 5.74) is 8.54. The zero-order chi connectivity index (χ0) is 15.4. The van der Waals surface area contributed by atoms with Crippen molar-refractivity contribution in [2.45, 2.75) is 39.7 Å². The average molecular weight is 288 g/mol. The van der Waals surface area contributed by atoms with Crippen LogP contribution >= 0.6 is 0 Å². The molecule has 1 aromatic heterocycles. The van der Waals surface area contributed by atoms with Crippen LogP contribution in [0.5, 0.6) is 11.6 Å². The van der Waals surface area contributed by atoms with Gasteiger partial charge in [0, 0.05) is 23.9 Å². The maximum Gasteiger partial charge on any atom is 0.222 e. The molecule has 0 amide bonds. The van der Waals surface area contributed by atoms with Gasteiger partial charge in [-0.15, -0.1) is 0 Å². The first-order valence-corrected chi connectivity index (χ1v) is 7.14. The van der Waals surface area contributed by atoms with Crippen LogP contribution in [0.2, 0.25) is 0 Å². The van der Waals surface area contributed by atoms with Crippen LogP contribution in [0, 0.1) is 19.7 Å². The monoisotopic (exact) mass is 288 g/mol. The summed E-state index contributed by atoms with van der Waals surface area (Å²) >= 11 is 0. The highest BCUT2D eigenvalue weighted by Gasteiger charge is 2.08. The molecule has 4 heteroatoms. The molecule has 0 saturated heterocycles. The lowest BCUT2D eigenvalue weighted by atomic mass is 10.1. The third-order valence-corrected chi connectivity index (χ3v) is 3.47. The number of aromatic nitrogens is 1. The van der Waals surface area contributed by atoms with Gasteiger partial charge in [0.15, 0.2) is 0 Å². The van der Waals surface area contributed by atoms with Crippen LogP contribution in [-0.4, -0.2) is 11.0 Å². The minimum Gasteiger partial charge on any atom is -0.439 e. The van der Waals surface area contributed by atoms with Crippen LogP contribution in [-0.2, 0) is 6.42 Å². The normalized spacial score (nSPS) is 12.2. The van der Waals surface area contributed by atoms with Gasteiger partial charge in [-0.2, -0.15) is 0 Å². The molecule has 0 aliphatic heterocycles. The molecule has 1 atom stereocenters. The van der Waals surface area contributed by atoms with E-state index in [1.165, 1.54) is 6.07 Å². The van der Waals surface area contributed by atoms with Crippen LogP contribution in [0.4, 0.5) is 4.39 Å². The smallest absolute Gasteiger partial charge is 0.222 e. The summed E-state index contributed by atoms with van der Waals surface area (Å²) in [6.45, 7) is 5.70. The van der Waals surface area contributed by atoms with Crippen molar-refractivity contribution in [2.75, 3.05) is 0 Å². The molecular weight excluding hydrogens is 267 g/mol. The van der Waals surface area contributed by atoms with E-state index in [0.29, 0.717) is 17.2 Å². The number of halogens is 1. The molecule has 2 N–H and O–H groups in total. The minimum absolute atomic E-state index is 0.143. The first-order valence-electron chi connectivity index (χ1n) is 7.14. The number of nitrogens with zero attached hydrogens (tertiary/aromatic N) is 1. The van der Waals surface area contributed by atoms with E-state index in [0.717, 1.165) is 24.0 Å². The number of hydrogen-bond donors (Lipinski definition) is 1. The third-order valence-electron chi connectivity index (χ3n) is 3.47. The summed E-state index contributed by atoms with van der Waals surface area (Å²) in [5, 5.41) is 0. The lowest BCUT2D eigenvalue weighted by Gasteiger charge is -2.12. The third kappa shape index (κ3) is 4.02. The summed E-state index contributed by atoms with van der Waals surface area (Å²) in [4.78, 5) is 4.31. The molecule has 0 spiro atoms. The predicted octanol–water partition coefficient (Wildman–Crippen LogP) is 3.91. The molecule has 3 nitrogen and oxygen atoms in total. The second-order valence-corrected chi connectivity index (χ2v) is 5.35. The van der Waals surface area contributed by atoms with E-state index in [1.54, 1.807) is 25.3 Å². The number of rotatable bonds is 5. The minimum atomic E-state index is -0.282. The Balaban J connectivity index is 2.15. The maximum absolute atomic E-state index is 13.5. The number of pyridine rings is 1. The molecule has 0 saturated carbocycles. The Morgan fingerprint density at radius 3 is 2.62 bits per heavy atom. The van der Waals surface area contributed by atoms with Crippen molar-refractivity contribution in [1.29, 1.82) is 0 Å². The summed E-state index contributed by atoms with van der Waals surface area (Å²) in [7, 11) is 0. The van der Waals surface area contributed by atoms with E-state index in [4.69, 9.17) is 10.5 Å². The van der Waals surface area contributed by atoms with Crippen molar-refractivity contribution in [3.63, 3.8) is 0 Å². The highest BCUT2D eigenvalue weighted by Crippen LogP contribution is 2.25. The predicted molar refractivity (Wildman–Crippen MR) is 82.2 cm³/mol. The van der Waals surface area contributed by atoms with Gasteiger partial charge >= 0.3 is 0 Å². The Hall–Kier alpha value is -1.94. The lowest BCUT2D eigenvalue weighted by molar-refractivity contribution is 0.453. The van der Waals surface area contributed by atoms with Crippen LogP contribution in [0.3, 0.4) is 0 Å². The second-order valence-electron chi connectivity index (χ2n) is 5.35. The first kappa shape index (κ1) is 15.4. The van der Waals surface area contributed by atoms with Crippen LogP contribution in [0.15, 0.2) is 30.5 Å². The number of nitrogens with two attached hydrogens (primary N) is 1. The molecule has 1 aromatic carbocycles. The molecule has 0 bridgehead atoms. The van der Waals surface area contributed by atoms with Gasteiger partial charge in [0.2, 0.25) is 5.88 Å².